The summed E-state index contributed by atoms with van der Waals surface area (Å²) in [6.45, 7) is 4.81. The molecule has 0 spiro atoms. The molecule has 1 N–H and O–H groups in total. The number of carbonyl (C=O) groups excluding carboxylic acids is 2. The largest absolute Gasteiger partial charge is 0.477 e. The lowest BCUT2D eigenvalue weighted by Crippen LogP contribution is -2.40. The first kappa shape index (κ1) is 74.0. The molecule has 0 aliphatic rings. The lowest BCUT2D eigenvalue weighted by atomic mass is 10.0. The molecule has 0 aromatic carbocycles. The number of allylic oxidation sites excluding steroid dienone is 10. The number of hydrogen-bond acceptors (Lipinski definition) is 7. The average molecular weight is 1080 g/mol. The maximum absolute atomic E-state index is 12.9. The van der Waals surface area contributed by atoms with Crippen molar-refractivity contribution < 1.29 is 42.9 Å². The highest BCUT2D eigenvalue weighted by Crippen LogP contribution is 2.18. The number of quaternary nitrogens is 1. The highest BCUT2D eigenvalue weighted by atomic mass is 16.7. The Balaban J connectivity index is 4.10. The van der Waals surface area contributed by atoms with Gasteiger partial charge in [0.1, 0.15) is 13.2 Å². The highest BCUT2D eigenvalue weighted by molar-refractivity contribution is 5.71. The van der Waals surface area contributed by atoms with E-state index < -0.39 is 18.4 Å². The van der Waals surface area contributed by atoms with Crippen LogP contribution in [0.2, 0.25) is 0 Å². The van der Waals surface area contributed by atoms with Gasteiger partial charge < -0.3 is 28.5 Å². The van der Waals surface area contributed by atoms with Crippen LogP contribution >= 0.6 is 0 Å². The van der Waals surface area contributed by atoms with E-state index in [0.717, 1.165) is 70.6 Å². The smallest absolute Gasteiger partial charge is 0.361 e. The SMILES string of the molecule is CC/C=C\C/C=C\C/C=C\C/C=C\C/C=C\CCCCCCCCCCCCCCCCCCCC(=O)OC(COC(=O)CCCCCCCCCCCCCCCCCCCCC)COC(OCC[N+](C)(C)C)C(=O)O. The third-order valence-electron chi connectivity index (χ3n) is 14.3. The molecule has 0 radical (unpaired) electrons. The van der Waals surface area contributed by atoms with Gasteiger partial charge in [-0.25, -0.2) is 4.79 Å². The van der Waals surface area contributed by atoms with Gasteiger partial charge in [-0.1, -0.05) is 286 Å². The minimum Gasteiger partial charge on any atom is -0.477 e. The summed E-state index contributed by atoms with van der Waals surface area (Å²) >= 11 is 0. The van der Waals surface area contributed by atoms with E-state index in [-0.39, 0.29) is 38.2 Å². The number of carboxylic acids is 1. The van der Waals surface area contributed by atoms with Gasteiger partial charge in [0.05, 0.1) is 34.4 Å². The van der Waals surface area contributed by atoms with E-state index >= 15 is 0 Å². The second-order valence-electron chi connectivity index (χ2n) is 23.1. The van der Waals surface area contributed by atoms with Crippen molar-refractivity contribution in [3.8, 4) is 0 Å². The number of unbranched alkanes of at least 4 members (excludes halogenated alkanes) is 35. The van der Waals surface area contributed by atoms with E-state index in [1.54, 1.807) is 0 Å². The fourth-order valence-corrected chi connectivity index (χ4v) is 9.34. The first-order valence-corrected chi connectivity index (χ1v) is 32.5. The first-order valence-electron chi connectivity index (χ1n) is 32.5. The molecule has 0 bridgehead atoms. The zero-order valence-corrected chi connectivity index (χ0v) is 51.1. The van der Waals surface area contributed by atoms with Crippen LogP contribution in [0.25, 0.3) is 0 Å². The van der Waals surface area contributed by atoms with E-state index in [0.29, 0.717) is 17.4 Å². The van der Waals surface area contributed by atoms with Gasteiger partial charge in [-0.15, -0.1) is 0 Å². The van der Waals surface area contributed by atoms with Gasteiger partial charge in [-0.3, -0.25) is 9.59 Å². The van der Waals surface area contributed by atoms with Crippen LogP contribution in [0, 0.1) is 0 Å². The van der Waals surface area contributed by atoms with Gasteiger partial charge in [-0.2, -0.15) is 0 Å². The van der Waals surface area contributed by atoms with Gasteiger partial charge in [0.2, 0.25) is 0 Å². The molecule has 9 heteroatoms. The van der Waals surface area contributed by atoms with Crippen LogP contribution in [0.5, 0.6) is 0 Å². The molecule has 9 nitrogen and oxygen atoms in total. The minimum atomic E-state index is -1.51. The predicted octanol–water partition coefficient (Wildman–Crippen LogP) is 19.6. The molecule has 448 valence electrons. The summed E-state index contributed by atoms with van der Waals surface area (Å²) < 4.78 is 23.0. The molecule has 0 aliphatic heterocycles. The monoisotopic (exact) mass is 1080 g/mol. The number of likely N-dealkylation sites (N-methyl/N-ethyl adjacent to an activating group) is 1. The van der Waals surface area contributed by atoms with Gasteiger partial charge in [-0.05, 0) is 57.8 Å². The van der Waals surface area contributed by atoms with Crippen LogP contribution in [-0.4, -0.2) is 87.4 Å². The van der Waals surface area contributed by atoms with Crippen molar-refractivity contribution >= 4 is 17.9 Å². The molecule has 0 aromatic heterocycles. The second kappa shape index (κ2) is 59.1. The van der Waals surface area contributed by atoms with Crippen LogP contribution in [0.15, 0.2) is 60.8 Å². The summed E-state index contributed by atoms with van der Waals surface area (Å²) in [5.41, 5.74) is 0. The maximum atomic E-state index is 12.9. The molecular weight excluding hydrogens is 959 g/mol. The Morgan fingerprint density at radius 2 is 0.740 bits per heavy atom. The molecule has 0 aliphatic carbocycles. The molecule has 2 unspecified atom stereocenters. The van der Waals surface area contributed by atoms with Crippen molar-refractivity contribution in [2.24, 2.45) is 0 Å². The molecule has 0 amide bonds. The highest BCUT2D eigenvalue weighted by Gasteiger charge is 2.25. The molecule has 0 heterocycles. The van der Waals surface area contributed by atoms with Crippen molar-refractivity contribution in [1.82, 2.24) is 0 Å². The molecule has 0 saturated carbocycles. The summed E-state index contributed by atoms with van der Waals surface area (Å²) in [5, 5.41) is 9.72. The van der Waals surface area contributed by atoms with E-state index in [2.05, 4.69) is 74.6 Å². The van der Waals surface area contributed by atoms with Crippen molar-refractivity contribution in [1.29, 1.82) is 0 Å². The molecule has 77 heavy (non-hydrogen) atoms. The van der Waals surface area contributed by atoms with Gasteiger partial charge >= 0.3 is 17.9 Å². The number of aliphatic carboxylic acids is 1. The predicted molar refractivity (Wildman–Crippen MR) is 327 cm³/mol. The van der Waals surface area contributed by atoms with Crippen molar-refractivity contribution in [3.05, 3.63) is 60.8 Å². The Morgan fingerprint density at radius 3 is 1.10 bits per heavy atom. The van der Waals surface area contributed by atoms with Crippen LogP contribution < -0.4 is 0 Å². The number of carboxylic acid groups (broad SMARTS) is 1. The Bertz CT molecular complexity index is 1450. The quantitative estimate of drug-likeness (QED) is 0.0211. The second-order valence-corrected chi connectivity index (χ2v) is 23.1. The van der Waals surface area contributed by atoms with Crippen LogP contribution in [0.1, 0.15) is 296 Å². The fourth-order valence-electron chi connectivity index (χ4n) is 9.34. The fraction of sp³-hybridized carbons (Fsp3) is 0.809. The molecule has 0 aromatic rings. The summed E-state index contributed by atoms with van der Waals surface area (Å²) in [4.78, 5) is 37.5. The summed E-state index contributed by atoms with van der Waals surface area (Å²) in [7, 11) is 5.98. The zero-order chi connectivity index (χ0) is 56.2. The molecule has 2 atom stereocenters. The standard InChI is InChI=1S/C68H123NO8/c1-6-8-10-12-14-16-18-20-22-24-26-27-28-29-30-31-32-33-34-35-36-37-38-39-41-43-45-47-49-51-53-55-57-59-66(71)77-64(63-76-68(67(72)73)74-61-60-69(3,4)5)62-75-65(70)58-56-54-52-50-48-46-44-42-40-25-23-21-19-17-15-13-11-9-7-2/h8,10,14,16,20,22,26-27,29-30,64,68H,6-7,9,11-13,15,17-19,21,23-25,28,31-63H2,1-5H3/p+1/b10-8-,16-14-,22-20-,27-26-,30-29-. The topological polar surface area (TPSA) is 108 Å². The zero-order valence-electron chi connectivity index (χ0n) is 51.1. The Kier molecular flexibility index (Phi) is 56.8. The number of nitrogens with zero attached hydrogens (tertiary/aromatic N) is 1. The molecular formula is C68H124NO8+. The Morgan fingerprint density at radius 1 is 0.403 bits per heavy atom. The third-order valence-corrected chi connectivity index (χ3v) is 14.3. The van der Waals surface area contributed by atoms with E-state index in [9.17, 15) is 19.5 Å². The lowest BCUT2D eigenvalue weighted by Gasteiger charge is -2.25. The summed E-state index contributed by atoms with van der Waals surface area (Å²) in [6.07, 6.45) is 73.2. The number of ether oxygens (including phenoxy) is 4. The third kappa shape index (κ3) is 60.5. The number of carbonyl (C=O) groups is 3. The maximum Gasteiger partial charge on any atom is 0.361 e. The van der Waals surface area contributed by atoms with E-state index in [1.165, 1.54) is 199 Å². The Hall–Kier alpha value is -3.01. The normalized spacial score (nSPS) is 13.1. The Labute approximate surface area is 475 Å². The summed E-state index contributed by atoms with van der Waals surface area (Å²) in [6, 6.07) is 0. The summed E-state index contributed by atoms with van der Waals surface area (Å²) in [5.74, 6) is -1.98. The van der Waals surface area contributed by atoms with Gasteiger partial charge in [0.15, 0.2) is 6.10 Å². The molecule has 0 saturated heterocycles. The van der Waals surface area contributed by atoms with Crippen molar-refractivity contribution in [2.75, 3.05) is 47.5 Å². The molecule has 0 fully saturated rings. The van der Waals surface area contributed by atoms with Gasteiger partial charge in [0.25, 0.3) is 6.29 Å². The van der Waals surface area contributed by atoms with E-state index in [4.69, 9.17) is 18.9 Å². The molecule has 0 rings (SSSR count). The number of esters is 2. The van der Waals surface area contributed by atoms with Crippen LogP contribution in [0.3, 0.4) is 0 Å². The van der Waals surface area contributed by atoms with Gasteiger partial charge in [0, 0.05) is 12.8 Å². The lowest BCUT2D eigenvalue weighted by molar-refractivity contribution is -0.870. The number of rotatable bonds is 60. The minimum absolute atomic E-state index is 0.178. The average Bonchev–Trinajstić information content (AvgIpc) is 3.40. The van der Waals surface area contributed by atoms with E-state index in [1.807, 2.05) is 21.1 Å². The van der Waals surface area contributed by atoms with Crippen molar-refractivity contribution in [3.63, 3.8) is 0 Å². The number of hydrogen-bond donors (Lipinski definition) is 1. The first-order chi connectivity index (χ1) is 37.6. The van der Waals surface area contributed by atoms with Crippen molar-refractivity contribution in [2.45, 2.75) is 309 Å². The van der Waals surface area contributed by atoms with Crippen LogP contribution in [-0.2, 0) is 33.3 Å². The van der Waals surface area contributed by atoms with Crippen LogP contribution in [0.4, 0.5) is 0 Å².